The summed E-state index contributed by atoms with van der Waals surface area (Å²) in [6, 6.07) is 7.49. The van der Waals surface area contributed by atoms with Crippen LogP contribution in [0.5, 0.6) is 0 Å². The number of rotatable bonds is 4. The third-order valence-corrected chi connectivity index (χ3v) is 6.03. The molecular formula is C24H23N7O2. The second-order valence-corrected chi connectivity index (χ2v) is 8.44. The van der Waals surface area contributed by atoms with Gasteiger partial charge < -0.3 is 16.4 Å². The molecule has 9 heteroatoms. The van der Waals surface area contributed by atoms with Crippen molar-refractivity contribution < 1.29 is 9.59 Å². The topological polar surface area (TPSA) is 128 Å². The Kier molecular flexibility index (Phi) is 4.81. The van der Waals surface area contributed by atoms with Crippen LogP contribution in [0.15, 0.2) is 55.2 Å². The molecule has 0 bridgehead atoms. The third-order valence-electron chi connectivity index (χ3n) is 6.03. The zero-order valence-electron chi connectivity index (χ0n) is 18.3. The van der Waals surface area contributed by atoms with Crippen LogP contribution in [-0.2, 0) is 22.2 Å². The molecule has 2 amide bonds. The number of carbonyl (C=O) groups excluding carboxylic acids is 2. The predicted octanol–water partition coefficient (Wildman–Crippen LogP) is 2.66. The van der Waals surface area contributed by atoms with E-state index in [1.807, 2.05) is 38.4 Å². The molecule has 1 aromatic carbocycles. The third kappa shape index (κ3) is 3.89. The lowest BCUT2D eigenvalue weighted by atomic mass is 9.99. The van der Waals surface area contributed by atoms with Crippen LogP contribution >= 0.6 is 0 Å². The highest BCUT2D eigenvalue weighted by Gasteiger charge is 2.47. The smallest absolute Gasteiger partial charge is 0.314 e. The lowest BCUT2D eigenvalue weighted by Gasteiger charge is -2.15. The predicted molar refractivity (Wildman–Crippen MR) is 125 cm³/mol. The van der Waals surface area contributed by atoms with E-state index >= 15 is 0 Å². The van der Waals surface area contributed by atoms with Gasteiger partial charge in [-0.1, -0.05) is 0 Å². The van der Waals surface area contributed by atoms with E-state index in [9.17, 15) is 9.59 Å². The molecule has 4 aromatic rings. The molecule has 1 saturated carbocycles. The van der Waals surface area contributed by atoms with Crippen LogP contribution in [0.3, 0.4) is 0 Å². The van der Waals surface area contributed by atoms with Crippen LogP contribution < -0.4 is 16.4 Å². The van der Waals surface area contributed by atoms with Crippen molar-refractivity contribution in [3.63, 3.8) is 0 Å². The molecule has 166 valence electrons. The lowest BCUT2D eigenvalue weighted by molar-refractivity contribution is -0.136. The van der Waals surface area contributed by atoms with E-state index < -0.39 is 17.4 Å². The number of amides is 2. The molecule has 1 fully saturated rings. The SMILES string of the molecule is Cc1ccncc1-c1cc(N)c2cnc(NC(=O)C(=O)NC3(c4cnn(C)c4)CC3)cc2c1. The lowest BCUT2D eigenvalue weighted by Crippen LogP contribution is -2.42. The molecule has 33 heavy (non-hydrogen) atoms. The maximum atomic E-state index is 12.6. The van der Waals surface area contributed by atoms with Gasteiger partial charge in [-0.25, -0.2) is 4.98 Å². The van der Waals surface area contributed by atoms with Gasteiger partial charge in [-0.15, -0.1) is 0 Å². The van der Waals surface area contributed by atoms with E-state index in [2.05, 4.69) is 25.7 Å². The van der Waals surface area contributed by atoms with Crippen molar-refractivity contribution in [3.8, 4) is 11.1 Å². The second-order valence-electron chi connectivity index (χ2n) is 8.44. The summed E-state index contributed by atoms with van der Waals surface area (Å²) in [7, 11) is 1.81. The Balaban J connectivity index is 1.37. The maximum Gasteiger partial charge on any atom is 0.314 e. The van der Waals surface area contributed by atoms with Gasteiger partial charge in [0, 0.05) is 54.0 Å². The van der Waals surface area contributed by atoms with E-state index in [0.717, 1.165) is 45.9 Å². The Morgan fingerprint density at radius 3 is 2.64 bits per heavy atom. The van der Waals surface area contributed by atoms with Crippen molar-refractivity contribution >= 4 is 34.1 Å². The number of hydrogen-bond acceptors (Lipinski definition) is 6. The van der Waals surface area contributed by atoms with Crippen molar-refractivity contribution in [2.45, 2.75) is 25.3 Å². The van der Waals surface area contributed by atoms with Crippen molar-refractivity contribution in [2.24, 2.45) is 7.05 Å². The number of nitrogen functional groups attached to an aromatic ring is 1. The molecule has 0 saturated heterocycles. The van der Waals surface area contributed by atoms with Crippen molar-refractivity contribution in [3.05, 3.63) is 66.4 Å². The monoisotopic (exact) mass is 441 g/mol. The highest BCUT2D eigenvalue weighted by Crippen LogP contribution is 2.45. The summed E-state index contributed by atoms with van der Waals surface area (Å²) in [4.78, 5) is 33.6. The second kappa shape index (κ2) is 7.70. The van der Waals surface area contributed by atoms with E-state index in [-0.39, 0.29) is 5.82 Å². The Morgan fingerprint density at radius 1 is 1.12 bits per heavy atom. The summed E-state index contributed by atoms with van der Waals surface area (Å²) in [6.07, 6.45) is 10.2. The van der Waals surface area contributed by atoms with Crippen molar-refractivity contribution in [1.82, 2.24) is 25.1 Å². The number of fused-ring (bicyclic) bond motifs is 1. The zero-order chi connectivity index (χ0) is 23.2. The van der Waals surface area contributed by atoms with E-state index in [0.29, 0.717) is 5.69 Å². The molecule has 3 heterocycles. The van der Waals surface area contributed by atoms with Crippen LogP contribution in [-0.4, -0.2) is 31.6 Å². The first-order valence-electron chi connectivity index (χ1n) is 10.6. The van der Waals surface area contributed by atoms with Gasteiger partial charge in [-0.3, -0.25) is 19.3 Å². The van der Waals surface area contributed by atoms with E-state index in [1.165, 1.54) is 0 Å². The fourth-order valence-electron chi connectivity index (χ4n) is 4.00. The van der Waals surface area contributed by atoms with Crippen molar-refractivity contribution in [1.29, 1.82) is 0 Å². The Hall–Kier alpha value is -4.27. The molecule has 0 atom stereocenters. The fraction of sp³-hybridized carbons (Fsp3) is 0.208. The quantitative estimate of drug-likeness (QED) is 0.330. The molecule has 5 rings (SSSR count). The van der Waals surface area contributed by atoms with Gasteiger partial charge in [0.25, 0.3) is 0 Å². The molecule has 1 aliphatic rings. The molecule has 3 aromatic heterocycles. The van der Waals surface area contributed by atoms with Gasteiger partial charge in [-0.05, 0) is 60.5 Å². The van der Waals surface area contributed by atoms with Crippen LogP contribution in [0, 0.1) is 6.92 Å². The summed E-state index contributed by atoms with van der Waals surface area (Å²) >= 11 is 0. The minimum absolute atomic E-state index is 0.272. The Morgan fingerprint density at radius 2 is 1.94 bits per heavy atom. The van der Waals surface area contributed by atoms with Crippen LogP contribution in [0.25, 0.3) is 21.9 Å². The molecule has 0 unspecified atom stereocenters. The average molecular weight is 441 g/mol. The summed E-state index contributed by atoms with van der Waals surface area (Å²) < 4.78 is 1.67. The highest BCUT2D eigenvalue weighted by molar-refractivity contribution is 6.39. The summed E-state index contributed by atoms with van der Waals surface area (Å²) in [5, 5.41) is 11.1. The van der Waals surface area contributed by atoms with Gasteiger partial charge in [0.2, 0.25) is 0 Å². The number of aromatic nitrogens is 4. The molecule has 4 N–H and O–H groups in total. The number of anilines is 2. The van der Waals surface area contributed by atoms with E-state index in [1.54, 1.807) is 35.5 Å². The molecule has 0 spiro atoms. The van der Waals surface area contributed by atoms with Crippen molar-refractivity contribution in [2.75, 3.05) is 11.1 Å². The highest BCUT2D eigenvalue weighted by atomic mass is 16.2. The Bertz CT molecular complexity index is 1410. The van der Waals surface area contributed by atoms with Crippen LogP contribution in [0.2, 0.25) is 0 Å². The molecule has 0 radical (unpaired) electrons. The number of pyridine rings is 2. The number of aryl methyl sites for hydroxylation is 2. The largest absolute Gasteiger partial charge is 0.398 e. The average Bonchev–Trinajstić information content (AvgIpc) is 3.43. The number of benzene rings is 1. The van der Waals surface area contributed by atoms with Gasteiger partial charge in [-0.2, -0.15) is 5.10 Å². The normalized spacial score (nSPS) is 14.1. The van der Waals surface area contributed by atoms with Crippen LogP contribution in [0.4, 0.5) is 11.5 Å². The zero-order valence-corrected chi connectivity index (χ0v) is 18.3. The Labute approximate surface area is 190 Å². The molecule has 1 aliphatic carbocycles. The standard InChI is InChI=1S/C24H23N7O2/c1-14-3-6-26-11-18(14)15-7-16-9-21(27-12-19(16)20(25)8-15)29-22(32)23(33)30-24(4-5-24)17-10-28-31(2)13-17/h3,6-13H,4-5,25H2,1-2H3,(H,30,33)(H,27,29,32). The summed E-state index contributed by atoms with van der Waals surface area (Å²) in [5.74, 6) is -1.21. The van der Waals surface area contributed by atoms with Gasteiger partial charge in [0.05, 0.1) is 11.7 Å². The number of nitrogens with zero attached hydrogens (tertiary/aromatic N) is 4. The summed E-state index contributed by atoms with van der Waals surface area (Å²) in [5.41, 5.74) is 10.2. The van der Waals surface area contributed by atoms with Gasteiger partial charge >= 0.3 is 11.8 Å². The maximum absolute atomic E-state index is 12.6. The number of nitrogens with one attached hydrogen (secondary N) is 2. The number of hydrogen-bond donors (Lipinski definition) is 3. The first kappa shape index (κ1) is 20.6. The van der Waals surface area contributed by atoms with Crippen LogP contribution in [0.1, 0.15) is 24.0 Å². The number of nitrogens with two attached hydrogens (primary N) is 1. The number of carbonyl (C=O) groups is 2. The molecular weight excluding hydrogens is 418 g/mol. The molecule has 0 aliphatic heterocycles. The fourth-order valence-corrected chi connectivity index (χ4v) is 4.00. The van der Waals surface area contributed by atoms with Gasteiger partial charge in [0.1, 0.15) is 5.82 Å². The minimum atomic E-state index is -0.774. The minimum Gasteiger partial charge on any atom is -0.398 e. The molecule has 9 nitrogen and oxygen atoms in total. The van der Waals surface area contributed by atoms with E-state index in [4.69, 9.17) is 5.73 Å². The van der Waals surface area contributed by atoms with Gasteiger partial charge in [0.15, 0.2) is 0 Å². The summed E-state index contributed by atoms with van der Waals surface area (Å²) in [6.45, 7) is 2.01. The first-order valence-corrected chi connectivity index (χ1v) is 10.6. The first-order chi connectivity index (χ1) is 15.8.